The van der Waals surface area contributed by atoms with Crippen molar-refractivity contribution in [1.29, 1.82) is 0 Å². The highest BCUT2D eigenvalue weighted by Gasteiger charge is 2.18. The Labute approximate surface area is 108 Å². The van der Waals surface area contributed by atoms with Gasteiger partial charge in [0.15, 0.2) is 11.6 Å². The number of hydrogen-bond donors (Lipinski definition) is 1. The van der Waals surface area contributed by atoms with E-state index in [2.05, 4.69) is 15.4 Å². The van der Waals surface area contributed by atoms with Gasteiger partial charge in [-0.05, 0) is 31.4 Å². The van der Waals surface area contributed by atoms with Gasteiger partial charge >= 0.3 is 0 Å². The summed E-state index contributed by atoms with van der Waals surface area (Å²) >= 11 is 0. The third-order valence-electron chi connectivity index (χ3n) is 3.04. The summed E-state index contributed by atoms with van der Waals surface area (Å²) in [6.45, 7) is 3.42. The zero-order valence-electron chi connectivity index (χ0n) is 10.7. The number of nitrogens with zero attached hydrogens (tertiary/aromatic N) is 2. The number of carbonyl (C=O) groups excluding carboxylic acids is 1. The zero-order chi connectivity index (χ0) is 12.8. The molecule has 0 radical (unpaired) electrons. The number of anilines is 1. The van der Waals surface area contributed by atoms with E-state index in [0.29, 0.717) is 5.84 Å². The Bertz CT molecular complexity index is 422. The summed E-state index contributed by atoms with van der Waals surface area (Å²) in [5.41, 5.74) is 3.85. The van der Waals surface area contributed by atoms with Crippen LogP contribution in [0.4, 0.5) is 5.69 Å². The van der Waals surface area contributed by atoms with Crippen LogP contribution in [0.25, 0.3) is 0 Å². The molecule has 1 fully saturated rings. The number of rotatable bonds is 3. The van der Waals surface area contributed by atoms with Crippen LogP contribution in [0.3, 0.4) is 0 Å². The van der Waals surface area contributed by atoms with Crippen molar-refractivity contribution in [2.75, 3.05) is 18.5 Å². The van der Waals surface area contributed by atoms with Gasteiger partial charge in [-0.1, -0.05) is 18.2 Å². The molecule has 0 aromatic heterocycles. The van der Waals surface area contributed by atoms with Crippen LogP contribution in [0.5, 0.6) is 0 Å². The number of hydrogen-bond acceptors (Lipinski definition) is 3. The van der Waals surface area contributed by atoms with Crippen LogP contribution < -0.4 is 5.43 Å². The van der Waals surface area contributed by atoms with Crippen LogP contribution in [0, 0.1) is 0 Å². The minimum Gasteiger partial charge on any atom is -0.352 e. The van der Waals surface area contributed by atoms with Gasteiger partial charge in [0.2, 0.25) is 0 Å². The average Bonchev–Trinajstić information content (AvgIpc) is 2.41. The second kappa shape index (κ2) is 6.19. The van der Waals surface area contributed by atoms with Gasteiger partial charge in [0, 0.05) is 20.0 Å². The fourth-order valence-electron chi connectivity index (χ4n) is 2.11. The first-order chi connectivity index (χ1) is 8.77. The lowest BCUT2D eigenvalue weighted by atomic mass is 10.1. The largest absolute Gasteiger partial charge is 0.352 e. The van der Waals surface area contributed by atoms with Gasteiger partial charge in [0.1, 0.15) is 0 Å². The molecule has 1 aromatic rings. The number of nitrogens with one attached hydrogen (secondary N) is 1. The molecule has 4 heteroatoms. The highest BCUT2D eigenvalue weighted by Crippen LogP contribution is 2.11. The van der Waals surface area contributed by atoms with Crippen molar-refractivity contribution in [3.8, 4) is 0 Å². The molecule has 0 spiro atoms. The molecule has 0 atom stereocenters. The lowest BCUT2D eigenvalue weighted by Gasteiger charge is -2.28. The van der Waals surface area contributed by atoms with E-state index >= 15 is 0 Å². The number of hydrazone groups is 1. The Morgan fingerprint density at radius 1 is 1.17 bits per heavy atom. The van der Waals surface area contributed by atoms with Crippen LogP contribution >= 0.6 is 0 Å². The van der Waals surface area contributed by atoms with Gasteiger partial charge in [-0.15, -0.1) is 0 Å². The summed E-state index contributed by atoms with van der Waals surface area (Å²) in [5, 5.41) is 4.26. The number of likely N-dealkylation sites (tertiary alicyclic amines) is 1. The van der Waals surface area contributed by atoms with Crippen LogP contribution in [0.15, 0.2) is 35.4 Å². The normalized spacial score (nSPS) is 16.5. The molecule has 0 aliphatic carbocycles. The van der Waals surface area contributed by atoms with Crippen LogP contribution in [-0.2, 0) is 4.79 Å². The number of ketones is 1. The molecule has 1 aromatic carbocycles. The Kier molecular flexibility index (Phi) is 4.34. The third kappa shape index (κ3) is 3.32. The van der Waals surface area contributed by atoms with E-state index in [-0.39, 0.29) is 5.78 Å². The molecule has 1 N–H and O–H groups in total. The van der Waals surface area contributed by atoms with Crippen molar-refractivity contribution in [2.45, 2.75) is 26.2 Å². The summed E-state index contributed by atoms with van der Waals surface area (Å²) in [4.78, 5) is 13.7. The maximum atomic E-state index is 11.7. The van der Waals surface area contributed by atoms with Crippen LogP contribution in [0.2, 0.25) is 0 Å². The smallest absolute Gasteiger partial charge is 0.196 e. The molecular formula is C14H19N3O. The first kappa shape index (κ1) is 12.6. The Hall–Kier alpha value is -1.84. The fourth-order valence-corrected chi connectivity index (χ4v) is 2.11. The zero-order valence-corrected chi connectivity index (χ0v) is 10.7. The van der Waals surface area contributed by atoms with Gasteiger partial charge in [-0.3, -0.25) is 10.2 Å². The minimum atomic E-state index is 0.0142. The molecule has 1 aliphatic rings. The van der Waals surface area contributed by atoms with E-state index in [1.807, 2.05) is 30.3 Å². The van der Waals surface area contributed by atoms with E-state index in [9.17, 15) is 4.79 Å². The van der Waals surface area contributed by atoms with Crippen molar-refractivity contribution in [1.82, 2.24) is 4.90 Å². The van der Waals surface area contributed by atoms with Gasteiger partial charge in [0.05, 0.1) is 5.69 Å². The highest BCUT2D eigenvalue weighted by atomic mass is 16.1. The maximum Gasteiger partial charge on any atom is 0.196 e. The summed E-state index contributed by atoms with van der Waals surface area (Å²) in [5.74, 6) is 0.555. The lowest BCUT2D eigenvalue weighted by molar-refractivity contribution is -0.111. The molecule has 0 amide bonds. The molecule has 0 bridgehead atoms. The van der Waals surface area contributed by atoms with Gasteiger partial charge in [-0.2, -0.15) is 5.10 Å². The molecule has 1 saturated heterocycles. The number of amidine groups is 1. The molecule has 1 aliphatic heterocycles. The topological polar surface area (TPSA) is 44.7 Å². The van der Waals surface area contributed by atoms with Crippen molar-refractivity contribution in [2.24, 2.45) is 5.10 Å². The van der Waals surface area contributed by atoms with Gasteiger partial charge in [-0.25, -0.2) is 0 Å². The van der Waals surface area contributed by atoms with Crippen molar-refractivity contribution in [3.63, 3.8) is 0 Å². The first-order valence-electron chi connectivity index (χ1n) is 6.42. The molecular weight excluding hydrogens is 226 g/mol. The van der Waals surface area contributed by atoms with Gasteiger partial charge < -0.3 is 4.90 Å². The number of carbonyl (C=O) groups is 1. The Morgan fingerprint density at radius 3 is 2.44 bits per heavy atom. The summed E-state index contributed by atoms with van der Waals surface area (Å²) in [6.07, 6.45) is 3.52. The number of Topliss-reactive ketones (excluding diaryl/α,β-unsaturated/α-hetero) is 1. The third-order valence-corrected chi connectivity index (χ3v) is 3.04. The molecule has 0 unspecified atom stereocenters. The van der Waals surface area contributed by atoms with E-state index in [1.165, 1.54) is 6.42 Å². The summed E-state index contributed by atoms with van der Waals surface area (Å²) in [7, 11) is 0. The molecule has 18 heavy (non-hydrogen) atoms. The van der Waals surface area contributed by atoms with Crippen LogP contribution in [0.1, 0.15) is 26.2 Å². The number of para-hydroxylation sites is 1. The molecule has 1 heterocycles. The quantitative estimate of drug-likeness (QED) is 0.505. The SMILES string of the molecule is CC(=O)C(=NNc1ccccc1)N1CCCCC1. The minimum absolute atomic E-state index is 0.0142. The van der Waals surface area contributed by atoms with Crippen molar-refractivity contribution < 1.29 is 4.79 Å². The molecule has 4 nitrogen and oxygen atoms in total. The predicted molar refractivity (Wildman–Crippen MR) is 73.6 cm³/mol. The van der Waals surface area contributed by atoms with E-state index < -0.39 is 0 Å². The van der Waals surface area contributed by atoms with E-state index in [0.717, 1.165) is 31.6 Å². The molecule has 0 saturated carbocycles. The fraction of sp³-hybridized carbons (Fsp3) is 0.429. The van der Waals surface area contributed by atoms with Crippen LogP contribution in [-0.4, -0.2) is 29.6 Å². The Morgan fingerprint density at radius 2 is 1.83 bits per heavy atom. The number of benzene rings is 1. The van der Waals surface area contributed by atoms with Gasteiger partial charge in [0.25, 0.3) is 0 Å². The summed E-state index contributed by atoms with van der Waals surface area (Å²) < 4.78 is 0. The average molecular weight is 245 g/mol. The van der Waals surface area contributed by atoms with E-state index in [1.54, 1.807) is 6.92 Å². The molecule has 2 rings (SSSR count). The second-order valence-electron chi connectivity index (χ2n) is 4.52. The number of piperidine rings is 1. The highest BCUT2D eigenvalue weighted by molar-refractivity contribution is 6.37. The lowest BCUT2D eigenvalue weighted by Crippen LogP contribution is -2.39. The first-order valence-corrected chi connectivity index (χ1v) is 6.42. The molecule has 96 valence electrons. The predicted octanol–water partition coefficient (Wildman–Crippen LogP) is 2.49. The van der Waals surface area contributed by atoms with Crippen molar-refractivity contribution >= 4 is 17.3 Å². The standard InChI is InChI=1S/C14H19N3O/c1-12(18)14(17-10-6-3-7-11-17)16-15-13-8-4-2-5-9-13/h2,4-5,8-9,15H,3,6-7,10-11H2,1H3. The summed E-state index contributed by atoms with van der Waals surface area (Å²) in [6, 6.07) is 9.68. The second-order valence-corrected chi connectivity index (χ2v) is 4.52. The maximum absolute atomic E-state index is 11.7. The van der Waals surface area contributed by atoms with E-state index in [4.69, 9.17) is 0 Å². The van der Waals surface area contributed by atoms with Crippen molar-refractivity contribution in [3.05, 3.63) is 30.3 Å². The monoisotopic (exact) mass is 245 g/mol. The Balaban J connectivity index is 2.07.